The van der Waals surface area contributed by atoms with E-state index in [-0.39, 0.29) is 5.54 Å². The SMILES string of the molecule is CCC1=CC(C)(CC)NC(C)(CC)C1. The third kappa shape index (κ3) is 2.38. The van der Waals surface area contributed by atoms with Crippen molar-refractivity contribution in [2.75, 3.05) is 0 Å². The molecule has 2 atom stereocenters. The molecule has 0 saturated carbocycles. The van der Waals surface area contributed by atoms with Crippen LogP contribution < -0.4 is 5.32 Å². The average Bonchev–Trinajstić information content (AvgIpc) is 2.17. The smallest absolute Gasteiger partial charge is 0.0340 e. The predicted molar refractivity (Wildman–Crippen MR) is 63.5 cm³/mol. The minimum atomic E-state index is 0.217. The maximum Gasteiger partial charge on any atom is 0.0340 e. The molecule has 0 saturated heterocycles. The first-order valence-electron chi connectivity index (χ1n) is 5.97. The zero-order valence-corrected chi connectivity index (χ0v) is 10.4. The second-order valence-corrected chi connectivity index (χ2v) is 5.14. The van der Waals surface area contributed by atoms with Crippen molar-refractivity contribution in [3.8, 4) is 0 Å². The van der Waals surface area contributed by atoms with Crippen LogP contribution in [0.25, 0.3) is 0 Å². The van der Waals surface area contributed by atoms with Gasteiger partial charge in [0.2, 0.25) is 0 Å². The minimum Gasteiger partial charge on any atom is -0.303 e. The van der Waals surface area contributed by atoms with Crippen molar-refractivity contribution in [3.05, 3.63) is 11.6 Å². The zero-order chi connectivity index (χ0) is 10.8. The molecule has 0 amide bonds. The fourth-order valence-electron chi connectivity index (χ4n) is 2.40. The summed E-state index contributed by atoms with van der Waals surface area (Å²) in [7, 11) is 0. The largest absolute Gasteiger partial charge is 0.303 e. The van der Waals surface area contributed by atoms with E-state index in [1.165, 1.54) is 25.7 Å². The Morgan fingerprint density at radius 1 is 1.21 bits per heavy atom. The highest BCUT2D eigenvalue weighted by atomic mass is 15.0. The Labute approximate surface area is 89.0 Å². The predicted octanol–water partition coefficient (Wildman–Crippen LogP) is 3.65. The highest BCUT2D eigenvalue weighted by Crippen LogP contribution is 2.32. The Balaban J connectivity index is 2.92. The number of nitrogens with one attached hydrogen (secondary N) is 1. The van der Waals surface area contributed by atoms with E-state index in [9.17, 15) is 0 Å². The molecule has 1 heteroatoms. The topological polar surface area (TPSA) is 12.0 Å². The Morgan fingerprint density at radius 3 is 2.29 bits per heavy atom. The Hall–Kier alpha value is -0.300. The van der Waals surface area contributed by atoms with Crippen molar-refractivity contribution in [1.29, 1.82) is 0 Å². The number of hydrogen-bond acceptors (Lipinski definition) is 1. The molecule has 1 heterocycles. The summed E-state index contributed by atoms with van der Waals surface area (Å²) >= 11 is 0. The van der Waals surface area contributed by atoms with E-state index in [1.54, 1.807) is 5.57 Å². The average molecular weight is 195 g/mol. The van der Waals surface area contributed by atoms with Gasteiger partial charge in [0.25, 0.3) is 0 Å². The van der Waals surface area contributed by atoms with E-state index < -0.39 is 0 Å². The standard InChI is InChI=1S/C13H25N/c1-6-11-9-12(4,7-2)14-13(5,8-3)10-11/h9,14H,6-8,10H2,1-5H3. The van der Waals surface area contributed by atoms with Gasteiger partial charge < -0.3 is 5.32 Å². The zero-order valence-electron chi connectivity index (χ0n) is 10.4. The molecule has 82 valence electrons. The molecule has 1 N–H and O–H groups in total. The van der Waals surface area contributed by atoms with Gasteiger partial charge in [0.15, 0.2) is 0 Å². The van der Waals surface area contributed by atoms with Crippen molar-refractivity contribution < 1.29 is 0 Å². The third-order valence-electron chi connectivity index (χ3n) is 3.70. The van der Waals surface area contributed by atoms with Crippen LogP contribution in [0.3, 0.4) is 0 Å². The van der Waals surface area contributed by atoms with Crippen molar-refractivity contribution in [3.63, 3.8) is 0 Å². The third-order valence-corrected chi connectivity index (χ3v) is 3.70. The molecular formula is C13H25N. The van der Waals surface area contributed by atoms with Gasteiger partial charge in [0.05, 0.1) is 0 Å². The van der Waals surface area contributed by atoms with E-state index in [2.05, 4.69) is 46.0 Å². The van der Waals surface area contributed by atoms with Gasteiger partial charge in [-0.05, 0) is 39.5 Å². The summed E-state index contributed by atoms with van der Waals surface area (Å²) in [5.41, 5.74) is 2.15. The Kier molecular flexibility index (Phi) is 3.41. The molecular weight excluding hydrogens is 170 g/mol. The summed E-state index contributed by atoms with van der Waals surface area (Å²) in [6.07, 6.45) is 7.25. The van der Waals surface area contributed by atoms with Crippen molar-refractivity contribution in [2.45, 2.75) is 71.4 Å². The molecule has 2 unspecified atom stereocenters. The van der Waals surface area contributed by atoms with Gasteiger partial charge in [0.1, 0.15) is 0 Å². The van der Waals surface area contributed by atoms with Gasteiger partial charge in [-0.3, -0.25) is 0 Å². The van der Waals surface area contributed by atoms with E-state index in [1.807, 2.05) is 0 Å². The molecule has 0 fully saturated rings. The molecule has 0 radical (unpaired) electrons. The fourth-order valence-corrected chi connectivity index (χ4v) is 2.40. The van der Waals surface area contributed by atoms with E-state index in [4.69, 9.17) is 0 Å². The van der Waals surface area contributed by atoms with Gasteiger partial charge in [0, 0.05) is 11.1 Å². The molecule has 0 spiro atoms. The number of rotatable bonds is 3. The highest BCUT2D eigenvalue weighted by Gasteiger charge is 2.35. The van der Waals surface area contributed by atoms with Gasteiger partial charge in [-0.2, -0.15) is 0 Å². The van der Waals surface area contributed by atoms with Crippen molar-refractivity contribution >= 4 is 0 Å². The van der Waals surface area contributed by atoms with Crippen LogP contribution >= 0.6 is 0 Å². The van der Waals surface area contributed by atoms with Crippen LogP contribution in [0.1, 0.15) is 60.3 Å². The van der Waals surface area contributed by atoms with Crippen LogP contribution in [-0.2, 0) is 0 Å². The lowest BCUT2D eigenvalue weighted by molar-refractivity contribution is 0.234. The number of hydrogen-bond donors (Lipinski definition) is 1. The molecule has 0 aromatic rings. The summed E-state index contributed by atoms with van der Waals surface area (Å²) in [6.45, 7) is 11.5. The quantitative estimate of drug-likeness (QED) is 0.678. The summed E-state index contributed by atoms with van der Waals surface area (Å²) in [6, 6.07) is 0. The molecule has 0 aliphatic carbocycles. The maximum absolute atomic E-state index is 3.79. The molecule has 1 rings (SSSR count). The molecule has 1 nitrogen and oxygen atoms in total. The second-order valence-electron chi connectivity index (χ2n) is 5.14. The minimum absolute atomic E-state index is 0.217. The van der Waals surface area contributed by atoms with Gasteiger partial charge in [-0.1, -0.05) is 32.4 Å². The molecule has 0 aromatic carbocycles. The Bertz CT molecular complexity index is 231. The van der Waals surface area contributed by atoms with Crippen LogP contribution in [0.2, 0.25) is 0 Å². The van der Waals surface area contributed by atoms with Crippen molar-refractivity contribution in [2.24, 2.45) is 0 Å². The fraction of sp³-hybridized carbons (Fsp3) is 0.846. The molecule has 1 aliphatic rings. The first kappa shape index (κ1) is 11.8. The van der Waals surface area contributed by atoms with E-state index in [0.29, 0.717) is 5.54 Å². The highest BCUT2D eigenvalue weighted by molar-refractivity contribution is 5.21. The summed E-state index contributed by atoms with van der Waals surface area (Å²) in [5.74, 6) is 0. The van der Waals surface area contributed by atoms with Crippen LogP contribution in [0.15, 0.2) is 11.6 Å². The Morgan fingerprint density at radius 2 is 1.86 bits per heavy atom. The summed E-state index contributed by atoms with van der Waals surface area (Å²) in [5, 5.41) is 3.79. The van der Waals surface area contributed by atoms with Crippen LogP contribution in [0.5, 0.6) is 0 Å². The second kappa shape index (κ2) is 4.06. The lowest BCUT2D eigenvalue weighted by Crippen LogP contribution is -2.56. The first-order valence-corrected chi connectivity index (χ1v) is 5.97. The molecule has 1 aliphatic heterocycles. The van der Waals surface area contributed by atoms with E-state index >= 15 is 0 Å². The summed E-state index contributed by atoms with van der Waals surface area (Å²) < 4.78 is 0. The van der Waals surface area contributed by atoms with Gasteiger partial charge in [-0.15, -0.1) is 0 Å². The summed E-state index contributed by atoms with van der Waals surface area (Å²) in [4.78, 5) is 0. The van der Waals surface area contributed by atoms with Gasteiger partial charge in [-0.25, -0.2) is 0 Å². The van der Waals surface area contributed by atoms with Crippen LogP contribution in [-0.4, -0.2) is 11.1 Å². The van der Waals surface area contributed by atoms with Crippen molar-refractivity contribution in [1.82, 2.24) is 5.32 Å². The van der Waals surface area contributed by atoms with Crippen LogP contribution in [0, 0.1) is 0 Å². The normalized spacial score (nSPS) is 38.2. The molecule has 0 bridgehead atoms. The lowest BCUT2D eigenvalue weighted by atomic mass is 9.78. The maximum atomic E-state index is 3.79. The molecule has 0 aromatic heterocycles. The molecule has 14 heavy (non-hydrogen) atoms. The van der Waals surface area contributed by atoms with Gasteiger partial charge >= 0.3 is 0 Å². The first-order chi connectivity index (χ1) is 6.47. The lowest BCUT2D eigenvalue weighted by Gasteiger charge is -2.44. The monoisotopic (exact) mass is 195 g/mol. The van der Waals surface area contributed by atoms with E-state index in [0.717, 1.165) is 0 Å². The van der Waals surface area contributed by atoms with Crippen LogP contribution in [0.4, 0.5) is 0 Å².